The number of nitrogens with zero attached hydrogens (tertiary/aromatic N) is 1. The highest BCUT2D eigenvalue weighted by molar-refractivity contribution is 8.14. The van der Waals surface area contributed by atoms with Crippen LogP contribution >= 0.6 is 23.5 Å². The average molecular weight is 250 g/mol. The molecule has 1 heterocycles. The van der Waals surface area contributed by atoms with Crippen LogP contribution in [0.2, 0.25) is 0 Å². The molecule has 1 rings (SSSR count). The van der Waals surface area contributed by atoms with Crippen LogP contribution in [0.1, 0.15) is 6.42 Å². The summed E-state index contributed by atoms with van der Waals surface area (Å²) in [6, 6.07) is 0. The van der Waals surface area contributed by atoms with Crippen molar-refractivity contribution in [3.8, 4) is 0 Å². The SMILES string of the molecule is CNC(=O)ON=C1SCOC1CCSC. The van der Waals surface area contributed by atoms with E-state index in [4.69, 9.17) is 4.74 Å². The Morgan fingerprint density at radius 2 is 2.67 bits per heavy atom. The third-order valence-electron chi connectivity index (χ3n) is 1.76. The van der Waals surface area contributed by atoms with Gasteiger partial charge in [0.05, 0.1) is 5.94 Å². The highest BCUT2D eigenvalue weighted by atomic mass is 32.2. The summed E-state index contributed by atoms with van der Waals surface area (Å²) in [5.41, 5.74) is 0. The van der Waals surface area contributed by atoms with Gasteiger partial charge in [-0.25, -0.2) is 4.79 Å². The third-order valence-corrected chi connectivity index (χ3v) is 3.29. The molecule has 7 heteroatoms. The van der Waals surface area contributed by atoms with Crippen molar-refractivity contribution in [2.45, 2.75) is 12.5 Å². The Hall–Kier alpha value is -0.400. The van der Waals surface area contributed by atoms with E-state index in [0.29, 0.717) is 5.94 Å². The van der Waals surface area contributed by atoms with Crippen molar-refractivity contribution in [2.24, 2.45) is 5.16 Å². The summed E-state index contributed by atoms with van der Waals surface area (Å²) in [7, 11) is 1.49. The highest BCUT2D eigenvalue weighted by Gasteiger charge is 2.24. The molecule has 1 atom stereocenters. The molecule has 0 aliphatic carbocycles. The van der Waals surface area contributed by atoms with E-state index in [2.05, 4.69) is 15.3 Å². The zero-order valence-electron chi connectivity index (χ0n) is 8.69. The van der Waals surface area contributed by atoms with Crippen molar-refractivity contribution < 1.29 is 14.4 Å². The molecule has 1 saturated heterocycles. The molecule has 86 valence electrons. The topological polar surface area (TPSA) is 59.9 Å². The van der Waals surface area contributed by atoms with Crippen LogP contribution in [0.5, 0.6) is 0 Å². The van der Waals surface area contributed by atoms with Crippen LogP contribution in [-0.4, -0.2) is 42.2 Å². The third kappa shape index (κ3) is 4.31. The summed E-state index contributed by atoms with van der Waals surface area (Å²) in [6.07, 6.45) is 2.36. The number of oxime groups is 1. The quantitative estimate of drug-likeness (QED) is 0.605. The molecule has 1 fully saturated rings. The number of carbonyl (C=O) groups excluding carboxylic acids is 1. The van der Waals surface area contributed by atoms with Gasteiger partial charge >= 0.3 is 6.09 Å². The molecule has 0 radical (unpaired) electrons. The van der Waals surface area contributed by atoms with Crippen LogP contribution in [0, 0.1) is 0 Å². The van der Waals surface area contributed by atoms with E-state index in [-0.39, 0.29) is 6.10 Å². The van der Waals surface area contributed by atoms with Gasteiger partial charge in [-0.15, -0.1) is 0 Å². The van der Waals surface area contributed by atoms with Crippen molar-refractivity contribution in [3.63, 3.8) is 0 Å². The highest BCUT2D eigenvalue weighted by Crippen LogP contribution is 2.23. The van der Waals surface area contributed by atoms with E-state index in [1.54, 1.807) is 11.8 Å². The van der Waals surface area contributed by atoms with Gasteiger partial charge in [-0.1, -0.05) is 16.9 Å². The lowest BCUT2D eigenvalue weighted by Crippen LogP contribution is -2.20. The van der Waals surface area contributed by atoms with Gasteiger partial charge in [0.1, 0.15) is 11.1 Å². The van der Waals surface area contributed by atoms with Crippen LogP contribution in [0.25, 0.3) is 0 Å². The second-order valence-electron chi connectivity index (χ2n) is 2.76. The second kappa shape index (κ2) is 6.97. The van der Waals surface area contributed by atoms with Crippen LogP contribution in [0.3, 0.4) is 0 Å². The Bertz CT molecular complexity index is 248. The van der Waals surface area contributed by atoms with Gasteiger partial charge in [-0.05, 0) is 18.4 Å². The smallest absolute Gasteiger partial charge is 0.360 e. The number of amides is 1. The van der Waals surface area contributed by atoms with Crippen molar-refractivity contribution in [1.29, 1.82) is 0 Å². The van der Waals surface area contributed by atoms with E-state index >= 15 is 0 Å². The minimum Gasteiger partial charge on any atom is -0.360 e. The minimum atomic E-state index is -0.557. The Morgan fingerprint density at radius 1 is 1.87 bits per heavy atom. The summed E-state index contributed by atoms with van der Waals surface area (Å²) in [6.45, 7) is 0. The summed E-state index contributed by atoms with van der Waals surface area (Å²) < 4.78 is 5.44. The lowest BCUT2D eigenvalue weighted by Gasteiger charge is -2.07. The predicted molar refractivity (Wildman–Crippen MR) is 63.3 cm³/mol. The van der Waals surface area contributed by atoms with Crippen LogP contribution in [-0.2, 0) is 9.57 Å². The van der Waals surface area contributed by atoms with E-state index in [1.807, 2.05) is 6.26 Å². The molecule has 0 aromatic rings. The molecule has 0 bridgehead atoms. The predicted octanol–water partition coefficient (Wildman–Crippen LogP) is 1.50. The van der Waals surface area contributed by atoms with Crippen molar-refractivity contribution in [1.82, 2.24) is 5.32 Å². The summed E-state index contributed by atoms with van der Waals surface area (Å²) in [5, 5.41) is 6.83. The van der Waals surface area contributed by atoms with Crippen molar-refractivity contribution >= 4 is 34.7 Å². The maximum atomic E-state index is 10.8. The maximum absolute atomic E-state index is 10.8. The van der Waals surface area contributed by atoms with Crippen molar-refractivity contribution in [3.05, 3.63) is 0 Å². The van der Waals surface area contributed by atoms with Gasteiger partial charge in [0.15, 0.2) is 0 Å². The number of carbonyl (C=O) groups is 1. The fourth-order valence-electron chi connectivity index (χ4n) is 0.990. The van der Waals surface area contributed by atoms with Crippen LogP contribution in [0.4, 0.5) is 4.79 Å². The summed E-state index contributed by atoms with van der Waals surface area (Å²) >= 11 is 3.22. The summed E-state index contributed by atoms with van der Waals surface area (Å²) in [5.74, 6) is 1.58. The molecule has 1 aliphatic heterocycles. The number of rotatable bonds is 4. The largest absolute Gasteiger partial charge is 0.433 e. The number of hydrogen-bond acceptors (Lipinski definition) is 6. The first kappa shape index (κ1) is 12.7. The Kier molecular flexibility index (Phi) is 5.89. The molecule has 1 unspecified atom stereocenters. The Morgan fingerprint density at radius 3 is 3.33 bits per heavy atom. The second-order valence-corrected chi connectivity index (χ2v) is 4.69. The van der Waals surface area contributed by atoms with Crippen LogP contribution in [0.15, 0.2) is 5.16 Å². The summed E-state index contributed by atoms with van der Waals surface area (Å²) in [4.78, 5) is 15.4. The van der Waals surface area contributed by atoms with Crippen LogP contribution < -0.4 is 5.32 Å². The van der Waals surface area contributed by atoms with Gasteiger partial charge < -0.3 is 10.1 Å². The average Bonchev–Trinajstić information content (AvgIpc) is 2.70. The molecule has 1 N–H and O–H groups in total. The molecular formula is C8H14N2O3S2. The lowest BCUT2D eigenvalue weighted by molar-refractivity contribution is 0.138. The van der Waals surface area contributed by atoms with Gasteiger partial charge in [0, 0.05) is 7.05 Å². The molecule has 5 nitrogen and oxygen atoms in total. The van der Waals surface area contributed by atoms with E-state index in [1.165, 1.54) is 18.8 Å². The first-order chi connectivity index (χ1) is 7.27. The van der Waals surface area contributed by atoms with E-state index < -0.39 is 6.09 Å². The fourth-order valence-corrected chi connectivity index (χ4v) is 2.25. The standard InChI is InChI=1S/C8H14N2O3S2/c1-9-8(11)13-10-7-6(3-4-14-2)12-5-15-7/h6H,3-5H2,1-2H3,(H,9,11). The molecule has 0 saturated carbocycles. The van der Waals surface area contributed by atoms with Crippen molar-refractivity contribution in [2.75, 3.05) is 25.0 Å². The van der Waals surface area contributed by atoms with E-state index in [0.717, 1.165) is 17.2 Å². The molecule has 0 spiro atoms. The monoisotopic (exact) mass is 250 g/mol. The molecular weight excluding hydrogens is 236 g/mol. The molecule has 15 heavy (non-hydrogen) atoms. The molecule has 0 aromatic carbocycles. The van der Waals surface area contributed by atoms with Gasteiger partial charge in [-0.2, -0.15) is 11.8 Å². The van der Waals surface area contributed by atoms with Gasteiger partial charge in [0.2, 0.25) is 0 Å². The maximum Gasteiger partial charge on any atom is 0.433 e. The minimum absolute atomic E-state index is 0.0212. The first-order valence-corrected chi connectivity index (χ1v) is 6.85. The molecule has 1 amide bonds. The zero-order chi connectivity index (χ0) is 11.1. The Balaban J connectivity index is 2.41. The number of ether oxygens (including phenoxy) is 1. The number of nitrogens with one attached hydrogen (secondary N) is 1. The first-order valence-electron chi connectivity index (χ1n) is 4.48. The number of thioether (sulfide) groups is 2. The lowest BCUT2D eigenvalue weighted by atomic mass is 10.3. The van der Waals surface area contributed by atoms with E-state index in [9.17, 15) is 4.79 Å². The van der Waals surface area contributed by atoms with Gasteiger partial charge in [0.25, 0.3) is 0 Å². The number of hydrogen-bond donors (Lipinski definition) is 1. The Labute approximate surface area is 97.3 Å². The zero-order valence-corrected chi connectivity index (χ0v) is 10.3. The van der Waals surface area contributed by atoms with Gasteiger partial charge in [-0.3, -0.25) is 4.84 Å². The fraction of sp³-hybridized carbons (Fsp3) is 0.750. The normalized spacial score (nSPS) is 23.1. The molecule has 1 aliphatic rings. The molecule has 0 aromatic heterocycles.